The molecule has 0 aromatic heterocycles. The second kappa shape index (κ2) is 5.68. The number of nitrogens with two attached hydrogens (primary N) is 1. The summed E-state index contributed by atoms with van der Waals surface area (Å²) in [4.78, 5) is 0. The third-order valence-electron chi connectivity index (χ3n) is 1.62. The molecule has 5 heteroatoms. The summed E-state index contributed by atoms with van der Waals surface area (Å²) in [5, 5.41) is 0. The molecule has 1 rings (SSSR count). The van der Waals surface area contributed by atoms with E-state index in [-0.39, 0.29) is 6.61 Å². The summed E-state index contributed by atoms with van der Waals surface area (Å²) < 4.78 is 18.7. The maximum Gasteiger partial charge on any atom is 0.147 e. The van der Waals surface area contributed by atoms with Gasteiger partial charge in [-0.1, -0.05) is 0 Å². The SMILES string of the molecule is NCc1cc(Br)c(OCCF)c(Br)c1. The Morgan fingerprint density at radius 2 is 1.86 bits per heavy atom. The van der Waals surface area contributed by atoms with Gasteiger partial charge in [0.25, 0.3) is 0 Å². The Balaban J connectivity index is 2.93. The predicted octanol–water partition coefficient (Wildman–Crippen LogP) is 3.02. The van der Waals surface area contributed by atoms with E-state index in [9.17, 15) is 4.39 Å². The fourth-order valence-electron chi connectivity index (χ4n) is 1.01. The number of alkyl halides is 1. The lowest BCUT2D eigenvalue weighted by atomic mass is 10.2. The Morgan fingerprint density at radius 3 is 2.29 bits per heavy atom. The molecule has 0 radical (unpaired) electrons. The van der Waals surface area contributed by atoms with Crippen LogP contribution < -0.4 is 10.5 Å². The van der Waals surface area contributed by atoms with Crippen LogP contribution in [0.1, 0.15) is 5.56 Å². The van der Waals surface area contributed by atoms with Gasteiger partial charge in [0.1, 0.15) is 19.0 Å². The molecule has 0 saturated carbocycles. The number of ether oxygens (including phenoxy) is 1. The Morgan fingerprint density at radius 1 is 1.29 bits per heavy atom. The zero-order valence-corrected chi connectivity index (χ0v) is 10.6. The third kappa shape index (κ3) is 2.93. The molecule has 1 aromatic rings. The smallest absolute Gasteiger partial charge is 0.147 e. The van der Waals surface area contributed by atoms with E-state index in [0.717, 1.165) is 14.5 Å². The highest BCUT2D eigenvalue weighted by Gasteiger charge is 2.08. The first-order valence-electron chi connectivity index (χ1n) is 4.05. The summed E-state index contributed by atoms with van der Waals surface area (Å²) in [5.41, 5.74) is 6.48. The molecule has 0 aliphatic heterocycles. The van der Waals surface area contributed by atoms with Gasteiger partial charge in [0, 0.05) is 6.54 Å². The van der Waals surface area contributed by atoms with Crippen molar-refractivity contribution in [1.82, 2.24) is 0 Å². The Hall–Kier alpha value is -0.130. The summed E-state index contributed by atoms with van der Waals surface area (Å²) in [6.07, 6.45) is 0. The number of hydrogen-bond donors (Lipinski definition) is 1. The van der Waals surface area contributed by atoms with Gasteiger partial charge in [-0.05, 0) is 49.6 Å². The highest BCUT2D eigenvalue weighted by Crippen LogP contribution is 2.34. The van der Waals surface area contributed by atoms with Gasteiger partial charge in [-0.2, -0.15) is 0 Å². The van der Waals surface area contributed by atoms with Crippen molar-refractivity contribution in [3.8, 4) is 5.75 Å². The van der Waals surface area contributed by atoms with E-state index < -0.39 is 6.67 Å². The molecule has 0 bridgehead atoms. The van der Waals surface area contributed by atoms with E-state index in [2.05, 4.69) is 31.9 Å². The van der Waals surface area contributed by atoms with Crippen LogP contribution in [0.2, 0.25) is 0 Å². The zero-order chi connectivity index (χ0) is 10.6. The summed E-state index contributed by atoms with van der Waals surface area (Å²) in [7, 11) is 0. The van der Waals surface area contributed by atoms with Gasteiger partial charge in [-0.15, -0.1) is 0 Å². The number of benzene rings is 1. The van der Waals surface area contributed by atoms with Crippen molar-refractivity contribution >= 4 is 31.9 Å². The van der Waals surface area contributed by atoms with Crippen LogP contribution in [0.4, 0.5) is 4.39 Å². The molecule has 0 atom stereocenters. The van der Waals surface area contributed by atoms with Gasteiger partial charge < -0.3 is 10.5 Å². The first kappa shape index (κ1) is 11.9. The van der Waals surface area contributed by atoms with Gasteiger partial charge in [0.15, 0.2) is 0 Å². The standard InChI is InChI=1S/C9H10Br2FNO/c10-7-3-6(5-13)4-8(11)9(7)14-2-1-12/h3-4H,1-2,5,13H2. The molecule has 0 amide bonds. The summed E-state index contributed by atoms with van der Waals surface area (Å²) in [6.45, 7) is 0.0112. The van der Waals surface area contributed by atoms with Crippen LogP contribution in [-0.4, -0.2) is 13.3 Å². The lowest BCUT2D eigenvalue weighted by Gasteiger charge is -2.10. The van der Waals surface area contributed by atoms with E-state index >= 15 is 0 Å². The fraction of sp³-hybridized carbons (Fsp3) is 0.333. The highest BCUT2D eigenvalue weighted by molar-refractivity contribution is 9.11. The maximum atomic E-state index is 11.9. The molecule has 78 valence electrons. The first-order valence-corrected chi connectivity index (χ1v) is 5.64. The average Bonchev–Trinajstić information content (AvgIpc) is 2.16. The molecular formula is C9H10Br2FNO. The molecule has 2 N–H and O–H groups in total. The molecule has 0 spiro atoms. The number of halogens is 3. The minimum atomic E-state index is -0.502. The topological polar surface area (TPSA) is 35.2 Å². The molecular weight excluding hydrogens is 317 g/mol. The molecule has 0 aliphatic carbocycles. The van der Waals surface area contributed by atoms with Crippen LogP contribution in [0, 0.1) is 0 Å². The minimum Gasteiger partial charge on any atom is -0.488 e. The van der Waals surface area contributed by atoms with Crippen LogP contribution >= 0.6 is 31.9 Å². The van der Waals surface area contributed by atoms with Crippen molar-refractivity contribution in [3.05, 3.63) is 26.6 Å². The van der Waals surface area contributed by atoms with Gasteiger partial charge >= 0.3 is 0 Å². The molecule has 0 unspecified atom stereocenters. The Labute approximate surface area is 98.9 Å². The van der Waals surface area contributed by atoms with E-state index in [4.69, 9.17) is 10.5 Å². The van der Waals surface area contributed by atoms with Crippen molar-refractivity contribution in [2.45, 2.75) is 6.54 Å². The molecule has 0 saturated heterocycles. The van der Waals surface area contributed by atoms with Gasteiger partial charge in [-0.25, -0.2) is 4.39 Å². The summed E-state index contributed by atoms with van der Waals surface area (Å²) >= 11 is 6.67. The van der Waals surface area contributed by atoms with Crippen molar-refractivity contribution in [2.75, 3.05) is 13.3 Å². The fourth-order valence-corrected chi connectivity index (χ4v) is 2.52. The Kier molecular flexibility index (Phi) is 4.84. The van der Waals surface area contributed by atoms with Crippen LogP contribution in [0.3, 0.4) is 0 Å². The third-order valence-corrected chi connectivity index (χ3v) is 2.80. The van der Waals surface area contributed by atoms with Crippen molar-refractivity contribution in [1.29, 1.82) is 0 Å². The predicted molar refractivity (Wildman–Crippen MR) is 61.2 cm³/mol. The maximum absolute atomic E-state index is 11.9. The van der Waals surface area contributed by atoms with Gasteiger partial charge in [0.05, 0.1) is 8.95 Å². The summed E-state index contributed by atoms with van der Waals surface area (Å²) in [5.74, 6) is 0.611. The van der Waals surface area contributed by atoms with E-state index in [1.165, 1.54) is 0 Å². The summed E-state index contributed by atoms with van der Waals surface area (Å²) in [6, 6.07) is 3.72. The van der Waals surface area contributed by atoms with Crippen LogP contribution in [0.25, 0.3) is 0 Å². The molecule has 0 aliphatic rings. The van der Waals surface area contributed by atoms with E-state index in [1.807, 2.05) is 12.1 Å². The molecule has 2 nitrogen and oxygen atoms in total. The number of hydrogen-bond acceptors (Lipinski definition) is 2. The largest absolute Gasteiger partial charge is 0.488 e. The van der Waals surface area contributed by atoms with Crippen molar-refractivity contribution in [3.63, 3.8) is 0 Å². The normalized spacial score (nSPS) is 10.3. The number of rotatable bonds is 4. The lowest BCUT2D eigenvalue weighted by Crippen LogP contribution is -2.02. The average molecular weight is 327 g/mol. The monoisotopic (exact) mass is 325 g/mol. The molecule has 14 heavy (non-hydrogen) atoms. The first-order chi connectivity index (χ1) is 6.69. The van der Waals surface area contributed by atoms with Crippen molar-refractivity contribution in [2.24, 2.45) is 5.73 Å². The molecule has 1 aromatic carbocycles. The second-order valence-corrected chi connectivity index (χ2v) is 4.34. The minimum absolute atomic E-state index is 0.0547. The molecule has 0 fully saturated rings. The van der Waals surface area contributed by atoms with Crippen LogP contribution in [0.5, 0.6) is 5.75 Å². The van der Waals surface area contributed by atoms with E-state index in [1.54, 1.807) is 0 Å². The lowest BCUT2D eigenvalue weighted by molar-refractivity contribution is 0.270. The van der Waals surface area contributed by atoms with Gasteiger partial charge in [-0.3, -0.25) is 0 Å². The van der Waals surface area contributed by atoms with Crippen molar-refractivity contribution < 1.29 is 9.13 Å². The van der Waals surface area contributed by atoms with E-state index in [0.29, 0.717) is 12.3 Å². The zero-order valence-electron chi connectivity index (χ0n) is 7.40. The highest BCUT2D eigenvalue weighted by atomic mass is 79.9. The Bertz CT molecular complexity index is 297. The second-order valence-electron chi connectivity index (χ2n) is 2.63. The quantitative estimate of drug-likeness (QED) is 0.923. The molecule has 0 heterocycles. The van der Waals surface area contributed by atoms with Crippen LogP contribution in [0.15, 0.2) is 21.1 Å². The van der Waals surface area contributed by atoms with Crippen LogP contribution in [-0.2, 0) is 6.54 Å². The van der Waals surface area contributed by atoms with Gasteiger partial charge in [0.2, 0.25) is 0 Å².